The molecule has 0 spiro atoms. The fourth-order valence-corrected chi connectivity index (χ4v) is 3.70. The maximum Gasteiger partial charge on any atom is 0.213 e. The molecule has 0 unspecified atom stereocenters. The van der Waals surface area contributed by atoms with E-state index in [0.717, 1.165) is 30.7 Å². The van der Waals surface area contributed by atoms with Crippen LogP contribution >= 0.6 is 0 Å². The number of anilines is 1. The van der Waals surface area contributed by atoms with E-state index in [1.807, 2.05) is 24.3 Å². The van der Waals surface area contributed by atoms with Crippen LogP contribution in [0.15, 0.2) is 29.3 Å². The lowest BCUT2D eigenvalue weighted by Gasteiger charge is -2.25. The third-order valence-electron chi connectivity index (χ3n) is 4.56. The van der Waals surface area contributed by atoms with Gasteiger partial charge in [-0.2, -0.15) is 0 Å². The molecule has 28 heavy (non-hydrogen) atoms. The summed E-state index contributed by atoms with van der Waals surface area (Å²) in [6, 6.07) is 7.53. The van der Waals surface area contributed by atoms with E-state index in [9.17, 15) is 8.42 Å². The second-order valence-electron chi connectivity index (χ2n) is 6.81. The molecule has 0 radical (unpaired) electrons. The highest BCUT2D eigenvalue weighted by molar-refractivity contribution is 7.89. The zero-order chi connectivity index (χ0) is 20.2. The first-order chi connectivity index (χ1) is 13.5. The number of benzene rings is 1. The predicted molar refractivity (Wildman–Crippen MR) is 113 cm³/mol. The Bertz CT molecular complexity index is 720. The van der Waals surface area contributed by atoms with Crippen LogP contribution in [-0.2, 0) is 14.8 Å². The maximum absolute atomic E-state index is 12.1. The van der Waals surface area contributed by atoms with Crippen molar-refractivity contribution in [1.29, 1.82) is 0 Å². The minimum absolute atomic E-state index is 0.00305. The Kier molecular flexibility index (Phi) is 9.52. The van der Waals surface area contributed by atoms with Gasteiger partial charge in [-0.15, -0.1) is 0 Å². The summed E-state index contributed by atoms with van der Waals surface area (Å²) in [5.74, 6) is 1.76. The normalized spacial score (nSPS) is 15.1. The minimum atomic E-state index is -3.28. The van der Waals surface area contributed by atoms with Gasteiger partial charge in [-0.05, 0) is 30.9 Å². The molecule has 0 heterocycles. The predicted octanol–water partition coefficient (Wildman–Crippen LogP) is 1.81. The van der Waals surface area contributed by atoms with Gasteiger partial charge in [0.1, 0.15) is 5.75 Å². The molecule has 0 saturated heterocycles. The lowest BCUT2D eigenvalue weighted by molar-refractivity contribution is 0.172. The van der Waals surface area contributed by atoms with Crippen molar-refractivity contribution in [2.24, 2.45) is 10.9 Å². The molecule has 3 N–H and O–H groups in total. The van der Waals surface area contributed by atoms with Crippen molar-refractivity contribution in [2.45, 2.75) is 25.7 Å². The van der Waals surface area contributed by atoms with Crippen LogP contribution in [0.1, 0.15) is 25.7 Å². The number of hydrogen-bond acceptors (Lipinski definition) is 5. The number of nitrogens with zero attached hydrogens (tertiary/aromatic N) is 1. The van der Waals surface area contributed by atoms with Crippen molar-refractivity contribution in [3.05, 3.63) is 24.3 Å². The fourth-order valence-electron chi connectivity index (χ4n) is 2.69. The van der Waals surface area contributed by atoms with Crippen molar-refractivity contribution in [3.63, 3.8) is 0 Å². The smallest absolute Gasteiger partial charge is 0.213 e. The summed E-state index contributed by atoms with van der Waals surface area (Å²) in [4.78, 5) is 4.14. The van der Waals surface area contributed by atoms with Crippen LogP contribution in [-0.4, -0.2) is 60.6 Å². The topological polar surface area (TPSA) is 101 Å². The Hall–Kier alpha value is -1.84. The molecule has 158 valence electrons. The Balaban J connectivity index is 1.74. The van der Waals surface area contributed by atoms with E-state index in [1.165, 1.54) is 6.42 Å². The standard InChI is InChI=1S/C19H32N4O4S/c1-20-19(21-10-13-28(24,25)22-15-16-6-3-7-16)23-17-8-4-9-18(14-17)27-12-5-11-26-2/h4,8-9,14,16,22H,3,5-7,10-13,15H2,1-2H3,(H2,20,21,23). The van der Waals surface area contributed by atoms with E-state index >= 15 is 0 Å². The second kappa shape index (κ2) is 11.9. The molecule has 8 nitrogen and oxygen atoms in total. The lowest BCUT2D eigenvalue weighted by atomic mass is 9.86. The molecule has 1 aliphatic carbocycles. The molecule has 0 atom stereocenters. The van der Waals surface area contributed by atoms with Gasteiger partial charge in [-0.1, -0.05) is 12.5 Å². The number of nitrogens with one attached hydrogen (secondary N) is 3. The lowest BCUT2D eigenvalue weighted by Crippen LogP contribution is -2.39. The number of rotatable bonds is 12. The molecule has 1 fully saturated rings. The van der Waals surface area contributed by atoms with Gasteiger partial charge in [-0.3, -0.25) is 4.99 Å². The monoisotopic (exact) mass is 412 g/mol. The SMILES string of the molecule is CN=C(NCCS(=O)(=O)NCC1CCC1)Nc1cccc(OCCCOC)c1. The molecular formula is C19H32N4O4S. The Morgan fingerprint density at radius 1 is 1.29 bits per heavy atom. The van der Waals surface area contributed by atoms with Crippen LogP contribution < -0.4 is 20.1 Å². The maximum atomic E-state index is 12.1. The van der Waals surface area contributed by atoms with Crippen LogP contribution in [0.3, 0.4) is 0 Å². The number of aliphatic imine (C=N–C) groups is 1. The largest absolute Gasteiger partial charge is 0.493 e. The van der Waals surface area contributed by atoms with Crippen LogP contribution in [0, 0.1) is 5.92 Å². The molecule has 1 aromatic rings. The van der Waals surface area contributed by atoms with Crippen molar-refractivity contribution in [3.8, 4) is 5.75 Å². The van der Waals surface area contributed by atoms with Crippen LogP contribution in [0.4, 0.5) is 5.69 Å². The number of ether oxygens (including phenoxy) is 2. The highest BCUT2D eigenvalue weighted by Crippen LogP contribution is 2.25. The van der Waals surface area contributed by atoms with Crippen LogP contribution in [0.5, 0.6) is 5.75 Å². The van der Waals surface area contributed by atoms with Gasteiger partial charge in [0.25, 0.3) is 0 Å². The number of guanidine groups is 1. The summed E-state index contributed by atoms with van der Waals surface area (Å²) in [6.45, 7) is 2.06. The average molecular weight is 413 g/mol. The minimum Gasteiger partial charge on any atom is -0.493 e. The van der Waals surface area contributed by atoms with Gasteiger partial charge in [0.15, 0.2) is 5.96 Å². The van der Waals surface area contributed by atoms with Gasteiger partial charge < -0.3 is 20.1 Å². The summed E-state index contributed by atoms with van der Waals surface area (Å²) in [5.41, 5.74) is 0.809. The van der Waals surface area contributed by atoms with E-state index in [-0.39, 0.29) is 12.3 Å². The van der Waals surface area contributed by atoms with E-state index in [4.69, 9.17) is 9.47 Å². The molecule has 0 bridgehead atoms. The number of hydrogen-bond donors (Lipinski definition) is 3. The van der Waals surface area contributed by atoms with Gasteiger partial charge in [0.2, 0.25) is 10.0 Å². The summed E-state index contributed by atoms with van der Waals surface area (Å²) >= 11 is 0. The van der Waals surface area contributed by atoms with Crippen molar-refractivity contribution in [1.82, 2.24) is 10.0 Å². The third kappa shape index (κ3) is 8.45. The summed E-state index contributed by atoms with van der Waals surface area (Å²) in [6.07, 6.45) is 4.26. The molecule has 1 aliphatic rings. The Labute approximate surface area is 168 Å². The first-order valence-corrected chi connectivity index (χ1v) is 11.3. The molecule has 0 aliphatic heterocycles. The molecule has 9 heteroatoms. The quantitative estimate of drug-likeness (QED) is 0.275. The van der Waals surface area contributed by atoms with Gasteiger partial charge in [-0.25, -0.2) is 13.1 Å². The van der Waals surface area contributed by atoms with Gasteiger partial charge in [0.05, 0.1) is 12.4 Å². The zero-order valence-corrected chi connectivity index (χ0v) is 17.6. The molecule has 2 rings (SSSR count). The van der Waals surface area contributed by atoms with Gasteiger partial charge >= 0.3 is 0 Å². The Morgan fingerprint density at radius 3 is 2.79 bits per heavy atom. The molecular weight excluding hydrogens is 380 g/mol. The first kappa shape index (κ1) is 22.4. The third-order valence-corrected chi connectivity index (χ3v) is 5.91. The van der Waals surface area contributed by atoms with Gasteiger partial charge in [0, 0.05) is 52.0 Å². The van der Waals surface area contributed by atoms with Crippen molar-refractivity contribution in [2.75, 3.05) is 51.5 Å². The fraction of sp³-hybridized carbons (Fsp3) is 0.632. The van der Waals surface area contributed by atoms with Crippen molar-refractivity contribution >= 4 is 21.7 Å². The highest BCUT2D eigenvalue weighted by Gasteiger charge is 2.20. The molecule has 0 amide bonds. The van der Waals surface area contributed by atoms with E-state index in [2.05, 4.69) is 20.3 Å². The zero-order valence-electron chi connectivity index (χ0n) is 16.7. The summed E-state index contributed by atoms with van der Waals surface area (Å²) in [5, 5.41) is 6.18. The van der Waals surface area contributed by atoms with Crippen molar-refractivity contribution < 1.29 is 17.9 Å². The number of methoxy groups -OCH3 is 1. The summed E-state index contributed by atoms with van der Waals surface area (Å²) < 4.78 is 37.5. The highest BCUT2D eigenvalue weighted by atomic mass is 32.2. The first-order valence-electron chi connectivity index (χ1n) is 9.69. The van der Waals surface area contributed by atoms with E-state index in [0.29, 0.717) is 31.6 Å². The van der Waals surface area contributed by atoms with Crippen LogP contribution in [0.25, 0.3) is 0 Å². The second-order valence-corrected chi connectivity index (χ2v) is 8.74. The molecule has 0 aromatic heterocycles. The van der Waals surface area contributed by atoms with Crippen LogP contribution in [0.2, 0.25) is 0 Å². The molecule has 1 saturated carbocycles. The average Bonchev–Trinajstić information content (AvgIpc) is 2.63. The van der Waals surface area contributed by atoms with E-state index in [1.54, 1.807) is 14.2 Å². The summed E-state index contributed by atoms with van der Waals surface area (Å²) in [7, 11) is 0.0312. The Morgan fingerprint density at radius 2 is 2.11 bits per heavy atom. The molecule has 1 aromatic carbocycles. The van der Waals surface area contributed by atoms with E-state index < -0.39 is 10.0 Å². The number of sulfonamides is 1.